The highest BCUT2D eigenvalue weighted by Crippen LogP contribution is 2.36. The topological polar surface area (TPSA) is 73.8 Å². The first-order valence-electron chi connectivity index (χ1n) is 9.70. The van der Waals surface area contributed by atoms with Crippen molar-refractivity contribution >= 4 is 17.4 Å². The van der Waals surface area contributed by atoms with Gasteiger partial charge in [-0.3, -0.25) is 0 Å². The summed E-state index contributed by atoms with van der Waals surface area (Å²) in [6.07, 6.45) is -3.83. The summed E-state index contributed by atoms with van der Waals surface area (Å²) in [5.41, 5.74) is 2.27. The van der Waals surface area contributed by atoms with Crippen LogP contribution in [0.25, 0.3) is 22.3 Å². The van der Waals surface area contributed by atoms with Crippen molar-refractivity contribution < 1.29 is 18.3 Å². The summed E-state index contributed by atoms with van der Waals surface area (Å²) in [6.45, 7) is 0. The van der Waals surface area contributed by atoms with Gasteiger partial charge < -0.3 is 15.4 Å². The number of aromatic nitrogens is 3. The van der Waals surface area contributed by atoms with Crippen LogP contribution in [0.15, 0.2) is 84.3 Å². The van der Waals surface area contributed by atoms with Crippen LogP contribution in [0.3, 0.4) is 0 Å². The minimum atomic E-state index is -4.45. The second kappa shape index (κ2) is 9.46. The molecule has 4 aromatic rings. The number of benzene rings is 3. The first-order valence-corrected chi connectivity index (χ1v) is 10.7. The number of nitrogens with zero attached hydrogens (tertiary/aromatic N) is 2. The van der Waals surface area contributed by atoms with Gasteiger partial charge in [-0.15, -0.1) is 10.2 Å². The molecule has 5 nitrogen and oxygen atoms in total. The van der Waals surface area contributed by atoms with Crippen molar-refractivity contribution in [2.75, 3.05) is 11.1 Å². The monoisotopic (exact) mass is 456 g/mol. The smallest absolute Gasteiger partial charge is 0.373 e. The zero-order valence-corrected chi connectivity index (χ0v) is 17.5. The molecule has 0 fully saturated rings. The Labute approximate surface area is 186 Å². The molecule has 4 rings (SSSR count). The van der Waals surface area contributed by atoms with Crippen LogP contribution in [0.1, 0.15) is 5.56 Å². The third-order valence-electron chi connectivity index (χ3n) is 4.69. The zero-order valence-electron chi connectivity index (χ0n) is 16.7. The lowest BCUT2D eigenvalue weighted by Crippen LogP contribution is -2.21. The van der Waals surface area contributed by atoms with E-state index in [1.165, 1.54) is 18.1 Å². The Bertz CT molecular complexity index is 1150. The average molecular weight is 456 g/mol. The molecule has 0 saturated heterocycles. The Kier molecular flexibility index (Phi) is 6.48. The molecule has 0 amide bonds. The number of hydrogen-bond acceptors (Lipinski definition) is 5. The second-order valence-corrected chi connectivity index (χ2v) is 8.01. The molecule has 0 bridgehead atoms. The average Bonchev–Trinajstić information content (AvgIpc) is 3.32. The molecule has 1 unspecified atom stereocenters. The van der Waals surface area contributed by atoms with Gasteiger partial charge >= 0.3 is 6.18 Å². The lowest BCUT2D eigenvalue weighted by atomic mass is 9.96. The number of thioether (sulfide) groups is 1. The summed E-state index contributed by atoms with van der Waals surface area (Å²) >= 11 is 1.31. The van der Waals surface area contributed by atoms with Gasteiger partial charge in [-0.2, -0.15) is 13.2 Å². The van der Waals surface area contributed by atoms with E-state index in [0.717, 1.165) is 12.1 Å². The molecule has 3 aromatic carbocycles. The largest absolute Gasteiger partial charge is 0.416 e. The summed E-state index contributed by atoms with van der Waals surface area (Å²) < 4.78 is 40.5. The summed E-state index contributed by atoms with van der Waals surface area (Å²) in [4.78, 5) is 2.84. The van der Waals surface area contributed by atoms with Gasteiger partial charge in [0, 0.05) is 11.4 Å². The van der Waals surface area contributed by atoms with Crippen molar-refractivity contribution in [3.63, 3.8) is 0 Å². The zero-order chi connectivity index (χ0) is 22.6. The number of aliphatic hydroxyl groups excluding tert-OH is 1. The lowest BCUT2D eigenvalue weighted by Gasteiger charge is -2.15. The minimum Gasteiger partial charge on any atom is -0.373 e. The SMILES string of the molecule is OC(CSc1nnc[nH]1)Nc1ccc(-c2cc(-c3ccccc3)cc(C(F)(F)F)c2)cc1. The summed E-state index contributed by atoms with van der Waals surface area (Å²) in [7, 11) is 0. The van der Waals surface area contributed by atoms with Crippen LogP contribution in [-0.4, -0.2) is 32.3 Å². The maximum absolute atomic E-state index is 13.5. The van der Waals surface area contributed by atoms with Gasteiger partial charge in [0.15, 0.2) is 5.16 Å². The van der Waals surface area contributed by atoms with Crippen molar-refractivity contribution in [2.45, 2.75) is 17.6 Å². The molecule has 1 heterocycles. The maximum Gasteiger partial charge on any atom is 0.416 e. The Morgan fingerprint density at radius 1 is 0.906 bits per heavy atom. The second-order valence-electron chi connectivity index (χ2n) is 7.01. The molecule has 0 aliphatic heterocycles. The van der Waals surface area contributed by atoms with E-state index in [-0.39, 0.29) is 0 Å². The van der Waals surface area contributed by atoms with Crippen molar-refractivity contribution in [1.29, 1.82) is 0 Å². The van der Waals surface area contributed by atoms with Crippen LogP contribution in [-0.2, 0) is 6.18 Å². The summed E-state index contributed by atoms with van der Waals surface area (Å²) in [5.74, 6) is 0.338. The maximum atomic E-state index is 13.5. The molecule has 0 saturated carbocycles. The quantitative estimate of drug-likeness (QED) is 0.246. The molecule has 1 atom stereocenters. The first kappa shape index (κ1) is 21.9. The number of anilines is 1. The highest BCUT2D eigenvalue weighted by atomic mass is 32.2. The van der Waals surface area contributed by atoms with Crippen molar-refractivity contribution in [1.82, 2.24) is 15.2 Å². The Hall–Kier alpha value is -3.30. The van der Waals surface area contributed by atoms with E-state index in [0.29, 0.717) is 38.9 Å². The number of alkyl halides is 3. The highest BCUT2D eigenvalue weighted by molar-refractivity contribution is 7.99. The highest BCUT2D eigenvalue weighted by Gasteiger charge is 2.31. The number of aromatic amines is 1. The van der Waals surface area contributed by atoms with Gasteiger partial charge in [-0.1, -0.05) is 54.2 Å². The van der Waals surface area contributed by atoms with E-state index in [9.17, 15) is 18.3 Å². The fourth-order valence-corrected chi connectivity index (χ4v) is 3.81. The Morgan fingerprint density at radius 3 is 2.16 bits per heavy atom. The fraction of sp³-hybridized carbons (Fsp3) is 0.130. The molecule has 0 aliphatic rings. The molecule has 0 radical (unpaired) electrons. The lowest BCUT2D eigenvalue weighted by molar-refractivity contribution is -0.137. The summed E-state index contributed by atoms with van der Waals surface area (Å²) in [6, 6.07) is 19.9. The van der Waals surface area contributed by atoms with Crippen molar-refractivity contribution in [3.8, 4) is 22.3 Å². The number of hydrogen-bond donors (Lipinski definition) is 3. The number of nitrogens with one attached hydrogen (secondary N) is 2. The Balaban J connectivity index is 1.54. The molecular formula is C23H19F3N4OS. The fourth-order valence-electron chi connectivity index (χ4n) is 3.17. The van der Waals surface area contributed by atoms with E-state index in [1.54, 1.807) is 54.6 Å². The predicted octanol–water partition coefficient (Wildman–Crippen LogP) is 5.68. The van der Waals surface area contributed by atoms with Crippen LogP contribution in [0.2, 0.25) is 0 Å². The normalized spacial score (nSPS) is 12.5. The van der Waals surface area contributed by atoms with Gasteiger partial charge in [0.05, 0.1) is 5.56 Å². The van der Waals surface area contributed by atoms with Crippen LogP contribution < -0.4 is 5.32 Å². The van der Waals surface area contributed by atoms with Crippen LogP contribution >= 0.6 is 11.8 Å². The van der Waals surface area contributed by atoms with Crippen LogP contribution in [0.5, 0.6) is 0 Å². The van der Waals surface area contributed by atoms with Gasteiger partial charge in [-0.05, 0) is 52.6 Å². The Morgan fingerprint density at radius 2 is 1.56 bits per heavy atom. The third kappa shape index (κ3) is 5.49. The van der Waals surface area contributed by atoms with Gasteiger partial charge in [0.1, 0.15) is 12.6 Å². The third-order valence-corrected chi connectivity index (χ3v) is 5.65. The number of halogens is 3. The number of H-pyrrole nitrogens is 1. The molecule has 0 aliphatic carbocycles. The van der Waals surface area contributed by atoms with Crippen molar-refractivity contribution in [3.05, 3.63) is 84.7 Å². The van der Waals surface area contributed by atoms with E-state index in [2.05, 4.69) is 20.5 Å². The van der Waals surface area contributed by atoms with Crippen LogP contribution in [0.4, 0.5) is 18.9 Å². The molecule has 0 spiro atoms. The number of aliphatic hydroxyl groups is 1. The summed E-state index contributed by atoms with van der Waals surface area (Å²) in [5, 5.41) is 21.2. The molecule has 32 heavy (non-hydrogen) atoms. The first-order chi connectivity index (χ1) is 15.4. The molecule has 9 heteroatoms. The van der Waals surface area contributed by atoms with E-state index in [4.69, 9.17) is 0 Å². The molecule has 1 aromatic heterocycles. The van der Waals surface area contributed by atoms with Gasteiger partial charge in [0.2, 0.25) is 0 Å². The minimum absolute atomic E-state index is 0.338. The van der Waals surface area contributed by atoms with Crippen LogP contribution in [0, 0.1) is 0 Å². The molecular weight excluding hydrogens is 437 g/mol. The van der Waals surface area contributed by atoms with Gasteiger partial charge in [0.25, 0.3) is 0 Å². The van der Waals surface area contributed by atoms with E-state index in [1.807, 2.05) is 6.07 Å². The van der Waals surface area contributed by atoms with E-state index >= 15 is 0 Å². The number of rotatable bonds is 7. The predicted molar refractivity (Wildman–Crippen MR) is 119 cm³/mol. The van der Waals surface area contributed by atoms with E-state index < -0.39 is 18.0 Å². The van der Waals surface area contributed by atoms with Crippen molar-refractivity contribution in [2.24, 2.45) is 0 Å². The van der Waals surface area contributed by atoms with Gasteiger partial charge in [-0.25, -0.2) is 0 Å². The standard InChI is InChI=1S/C23H19F3N4OS/c24-23(25,26)19-11-17(15-4-2-1-3-5-15)10-18(12-19)16-6-8-20(9-7-16)29-21(31)13-32-22-27-14-28-30-22/h1-12,14,21,29,31H,13H2,(H,27,28,30). The molecule has 3 N–H and O–H groups in total. The molecule has 164 valence electrons.